The number of hydrogen-bond donors (Lipinski definition) is 3. The largest absolute Gasteiger partial charge is 0.478 e. The molecule has 3 rings (SSSR count). The summed E-state index contributed by atoms with van der Waals surface area (Å²) in [5.74, 6) is -0.163. The number of carboxylic acids is 1. The van der Waals surface area contributed by atoms with Crippen LogP contribution in [0.4, 0.5) is 0 Å². The lowest BCUT2D eigenvalue weighted by atomic mass is 9.71. The molecule has 1 aromatic carbocycles. The predicted molar refractivity (Wildman–Crippen MR) is 108 cm³/mol. The number of hydrogen-bond acceptors (Lipinski definition) is 5. The highest BCUT2D eigenvalue weighted by atomic mass is 16.5. The molecule has 0 aliphatic heterocycles. The van der Waals surface area contributed by atoms with Crippen molar-refractivity contribution in [2.24, 2.45) is 23.7 Å². The Hall–Kier alpha value is -1.92. The minimum absolute atomic E-state index is 0.141. The maximum Gasteiger partial charge on any atom is 0.338 e. The van der Waals surface area contributed by atoms with Crippen LogP contribution in [-0.4, -0.2) is 46.6 Å². The van der Waals surface area contributed by atoms with Crippen molar-refractivity contribution in [2.45, 2.75) is 57.5 Å². The van der Waals surface area contributed by atoms with Gasteiger partial charge in [-0.3, -0.25) is 0 Å². The van der Waals surface area contributed by atoms with Crippen molar-refractivity contribution < 1.29 is 29.6 Å². The van der Waals surface area contributed by atoms with E-state index in [2.05, 4.69) is 0 Å². The molecule has 0 spiro atoms. The van der Waals surface area contributed by atoms with E-state index < -0.39 is 11.9 Å². The van der Waals surface area contributed by atoms with Gasteiger partial charge in [0, 0.05) is 13.2 Å². The zero-order valence-electron chi connectivity index (χ0n) is 16.8. The van der Waals surface area contributed by atoms with Gasteiger partial charge in [-0.1, -0.05) is 0 Å². The molecular weight excluding hydrogens is 372 g/mol. The van der Waals surface area contributed by atoms with Crippen LogP contribution < -0.4 is 0 Å². The Labute approximate surface area is 171 Å². The first kappa shape index (κ1) is 21.8. The molecule has 0 aromatic heterocycles. The predicted octanol–water partition coefficient (Wildman–Crippen LogP) is 3.51. The Bertz CT molecular complexity index is 645. The molecule has 3 N–H and O–H groups in total. The van der Waals surface area contributed by atoms with Crippen LogP contribution >= 0.6 is 0 Å². The van der Waals surface area contributed by atoms with Crippen LogP contribution in [0.1, 0.15) is 72.1 Å². The molecule has 2 fully saturated rings. The van der Waals surface area contributed by atoms with E-state index in [0.717, 1.165) is 51.4 Å². The molecule has 160 valence electrons. The fourth-order valence-electron chi connectivity index (χ4n) is 4.92. The van der Waals surface area contributed by atoms with E-state index >= 15 is 0 Å². The fourth-order valence-corrected chi connectivity index (χ4v) is 4.92. The topological polar surface area (TPSA) is 104 Å². The Morgan fingerprint density at radius 2 is 1.21 bits per heavy atom. The SMILES string of the molecule is O=C(O)c1ccc(C(=O)OC(C2CCC(CO)CC2)C2CCC(CO)CC2)cc1. The number of carboxylic acid groups (broad SMARTS) is 1. The van der Waals surface area contributed by atoms with Gasteiger partial charge in [0.1, 0.15) is 6.10 Å². The van der Waals surface area contributed by atoms with Crippen molar-refractivity contribution in [3.05, 3.63) is 35.4 Å². The van der Waals surface area contributed by atoms with Gasteiger partial charge in [-0.25, -0.2) is 9.59 Å². The van der Waals surface area contributed by atoms with Crippen LogP contribution in [-0.2, 0) is 4.74 Å². The minimum Gasteiger partial charge on any atom is -0.478 e. The average molecular weight is 405 g/mol. The van der Waals surface area contributed by atoms with Gasteiger partial charge in [0.2, 0.25) is 0 Å². The highest BCUT2D eigenvalue weighted by Gasteiger charge is 2.37. The molecule has 6 heteroatoms. The summed E-state index contributed by atoms with van der Waals surface area (Å²) in [5.41, 5.74) is 0.510. The maximum absolute atomic E-state index is 12.8. The van der Waals surface area contributed by atoms with E-state index in [1.807, 2.05) is 0 Å². The van der Waals surface area contributed by atoms with Crippen molar-refractivity contribution >= 4 is 11.9 Å². The second-order valence-corrected chi connectivity index (χ2v) is 8.68. The number of esters is 1. The third-order valence-corrected chi connectivity index (χ3v) is 6.84. The zero-order chi connectivity index (χ0) is 20.8. The van der Waals surface area contributed by atoms with Crippen LogP contribution in [0.25, 0.3) is 0 Å². The summed E-state index contributed by atoms with van der Waals surface area (Å²) in [6, 6.07) is 5.86. The third kappa shape index (κ3) is 5.58. The number of benzene rings is 1. The Morgan fingerprint density at radius 1 is 0.793 bits per heavy atom. The molecule has 29 heavy (non-hydrogen) atoms. The first-order chi connectivity index (χ1) is 14.0. The minimum atomic E-state index is -1.02. The molecule has 0 radical (unpaired) electrons. The molecule has 0 atom stereocenters. The third-order valence-electron chi connectivity index (χ3n) is 6.84. The summed E-state index contributed by atoms with van der Waals surface area (Å²) in [5, 5.41) is 27.9. The van der Waals surface area contributed by atoms with Crippen LogP contribution in [0, 0.1) is 23.7 Å². The van der Waals surface area contributed by atoms with Crippen molar-refractivity contribution in [2.75, 3.05) is 13.2 Å². The fraction of sp³-hybridized carbons (Fsp3) is 0.652. The van der Waals surface area contributed by atoms with E-state index in [1.54, 1.807) is 0 Å². The number of aromatic carboxylic acids is 1. The van der Waals surface area contributed by atoms with Gasteiger partial charge < -0.3 is 20.1 Å². The van der Waals surface area contributed by atoms with Gasteiger partial charge in [0.15, 0.2) is 0 Å². The summed E-state index contributed by atoms with van der Waals surface area (Å²) in [6.07, 6.45) is 7.43. The van der Waals surface area contributed by atoms with E-state index in [1.165, 1.54) is 24.3 Å². The molecule has 2 aliphatic rings. The van der Waals surface area contributed by atoms with Gasteiger partial charge in [-0.05, 0) is 99.3 Å². The van der Waals surface area contributed by atoms with Crippen LogP contribution in [0.3, 0.4) is 0 Å². The highest BCUT2D eigenvalue weighted by molar-refractivity contribution is 5.92. The van der Waals surface area contributed by atoms with Crippen LogP contribution in [0.5, 0.6) is 0 Å². The van der Waals surface area contributed by atoms with Gasteiger partial charge in [0.25, 0.3) is 0 Å². The van der Waals surface area contributed by atoms with Crippen molar-refractivity contribution in [1.82, 2.24) is 0 Å². The Morgan fingerprint density at radius 3 is 1.59 bits per heavy atom. The van der Waals surface area contributed by atoms with E-state index in [0.29, 0.717) is 17.4 Å². The molecule has 1 aromatic rings. The lowest BCUT2D eigenvalue weighted by molar-refractivity contribution is -0.0327. The van der Waals surface area contributed by atoms with Gasteiger partial charge in [-0.15, -0.1) is 0 Å². The molecule has 2 aliphatic carbocycles. The van der Waals surface area contributed by atoms with Crippen LogP contribution in [0.15, 0.2) is 24.3 Å². The lowest BCUT2D eigenvalue weighted by Gasteiger charge is -2.39. The monoisotopic (exact) mass is 404 g/mol. The number of carbonyl (C=O) groups excluding carboxylic acids is 1. The zero-order valence-corrected chi connectivity index (χ0v) is 16.8. The summed E-state index contributed by atoms with van der Waals surface area (Å²) >= 11 is 0. The molecule has 0 bridgehead atoms. The first-order valence-corrected chi connectivity index (χ1v) is 10.8. The van der Waals surface area contributed by atoms with E-state index in [4.69, 9.17) is 9.84 Å². The Balaban J connectivity index is 1.70. The quantitative estimate of drug-likeness (QED) is 0.601. The molecule has 6 nitrogen and oxygen atoms in total. The molecular formula is C23H32O6. The number of aliphatic hydroxyl groups excluding tert-OH is 2. The van der Waals surface area contributed by atoms with Gasteiger partial charge in [-0.2, -0.15) is 0 Å². The second-order valence-electron chi connectivity index (χ2n) is 8.68. The first-order valence-electron chi connectivity index (χ1n) is 10.8. The molecule has 0 saturated heterocycles. The normalized spacial score (nSPS) is 28.5. The van der Waals surface area contributed by atoms with Crippen LogP contribution in [0.2, 0.25) is 0 Å². The van der Waals surface area contributed by atoms with Gasteiger partial charge in [0.05, 0.1) is 11.1 Å². The number of rotatable bonds is 7. The molecule has 0 unspecified atom stereocenters. The summed E-state index contributed by atoms with van der Waals surface area (Å²) in [7, 11) is 0. The standard InChI is InChI=1S/C23H32O6/c24-13-15-1-5-17(6-2-15)21(18-7-3-16(14-25)4-8-18)29-23(28)20-11-9-19(10-12-20)22(26)27/h9-12,15-18,21,24-25H,1-8,13-14H2,(H,26,27). The molecule has 2 saturated carbocycles. The number of ether oxygens (including phenoxy) is 1. The molecule has 0 amide bonds. The molecule has 0 heterocycles. The van der Waals surface area contributed by atoms with Crippen molar-refractivity contribution in [3.63, 3.8) is 0 Å². The number of aliphatic hydroxyl groups is 2. The Kier molecular flexibility index (Phi) is 7.67. The smallest absolute Gasteiger partial charge is 0.338 e. The van der Waals surface area contributed by atoms with Gasteiger partial charge >= 0.3 is 11.9 Å². The van der Waals surface area contributed by atoms with E-state index in [9.17, 15) is 19.8 Å². The van der Waals surface area contributed by atoms with E-state index in [-0.39, 0.29) is 36.7 Å². The second kappa shape index (κ2) is 10.2. The number of carbonyl (C=O) groups is 2. The van der Waals surface area contributed by atoms with Crippen molar-refractivity contribution in [1.29, 1.82) is 0 Å². The lowest BCUT2D eigenvalue weighted by Crippen LogP contribution is -2.38. The average Bonchev–Trinajstić information content (AvgIpc) is 2.77. The summed E-state index contributed by atoms with van der Waals surface area (Å²) in [4.78, 5) is 23.8. The maximum atomic E-state index is 12.8. The highest BCUT2D eigenvalue weighted by Crippen LogP contribution is 2.40. The van der Waals surface area contributed by atoms with Crippen molar-refractivity contribution in [3.8, 4) is 0 Å². The summed E-state index contributed by atoms with van der Waals surface area (Å²) in [6.45, 7) is 0.434. The summed E-state index contributed by atoms with van der Waals surface area (Å²) < 4.78 is 6.04.